The minimum absolute atomic E-state index is 0.172. The molecular formula is C56H61ClO15S. The molecule has 0 atom stereocenters. The molecule has 0 radical (unpaired) electrons. The number of ether oxygens (including phenoxy) is 8. The van der Waals surface area contributed by atoms with E-state index in [0.717, 1.165) is 5.56 Å². The van der Waals surface area contributed by atoms with Gasteiger partial charge in [0, 0.05) is 19.1 Å². The highest BCUT2D eigenvalue weighted by Gasteiger charge is 2.35. The number of benzene rings is 3. The van der Waals surface area contributed by atoms with Gasteiger partial charge in [-0.15, -0.1) is 11.3 Å². The van der Waals surface area contributed by atoms with Gasteiger partial charge in [-0.3, -0.25) is 33.6 Å². The van der Waals surface area contributed by atoms with Gasteiger partial charge in [-0.1, -0.05) is 23.7 Å². The van der Waals surface area contributed by atoms with Gasteiger partial charge in [0.15, 0.2) is 5.78 Å². The Morgan fingerprint density at radius 3 is 1.49 bits per heavy atom. The third kappa shape index (κ3) is 15.6. The van der Waals surface area contributed by atoms with Crippen LogP contribution in [0.5, 0.6) is 28.7 Å². The van der Waals surface area contributed by atoms with E-state index < -0.39 is 11.9 Å². The molecule has 0 spiro atoms. The van der Waals surface area contributed by atoms with Gasteiger partial charge in [0.05, 0.1) is 65.0 Å². The van der Waals surface area contributed by atoms with Gasteiger partial charge in [-0.2, -0.15) is 0 Å². The summed E-state index contributed by atoms with van der Waals surface area (Å²) >= 11 is 7.16. The molecule has 3 aliphatic carbocycles. The fourth-order valence-electron chi connectivity index (χ4n) is 9.30. The zero-order chi connectivity index (χ0) is 51.9. The van der Waals surface area contributed by atoms with Crippen molar-refractivity contribution in [1.82, 2.24) is 0 Å². The van der Waals surface area contributed by atoms with Crippen LogP contribution in [0.1, 0.15) is 103 Å². The molecule has 0 N–H and O–H groups in total. The van der Waals surface area contributed by atoms with Gasteiger partial charge in [0.2, 0.25) is 0 Å². The first kappa shape index (κ1) is 54.4. The van der Waals surface area contributed by atoms with Crippen LogP contribution in [0, 0.1) is 42.4 Å². The Labute approximate surface area is 433 Å². The summed E-state index contributed by atoms with van der Waals surface area (Å²) in [5.74, 6) is -2.43. The van der Waals surface area contributed by atoms with Gasteiger partial charge < -0.3 is 37.9 Å². The fraction of sp³-hybridized carbons (Fsp3) is 0.446. The average Bonchev–Trinajstić information content (AvgIpc) is 3.85. The molecule has 0 aliphatic heterocycles. The molecule has 3 fully saturated rings. The summed E-state index contributed by atoms with van der Waals surface area (Å²) in [5.41, 5.74) is 2.03. The van der Waals surface area contributed by atoms with Crippen molar-refractivity contribution >= 4 is 70.6 Å². The van der Waals surface area contributed by atoms with Crippen LogP contribution in [0.2, 0.25) is 4.34 Å². The average molecular weight is 1040 g/mol. The van der Waals surface area contributed by atoms with Crippen LogP contribution in [0.25, 0.3) is 6.08 Å². The molecular weight excluding hydrogens is 980 g/mol. The fourth-order valence-corrected chi connectivity index (χ4v) is 10.3. The van der Waals surface area contributed by atoms with Gasteiger partial charge in [0.1, 0.15) is 35.4 Å². The van der Waals surface area contributed by atoms with E-state index in [0.29, 0.717) is 133 Å². The monoisotopic (exact) mass is 1040 g/mol. The van der Waals surface area contributed by atoms with Crippen molar-refractivity contribution < 1.29 is 71.5 Å². The lowest BCUT2D eigenvalue weighted by atomic mass is 9.82. The van der Waals surface area contributed by atoms with Gasteiger partial charge in [0.25, 0.3) is 0 Å². The van der Waals surface area contributed by atoms with Crippen LogP contribution in [0.3, 0.4) is 0 Å². The lowest BCUT2D eigenvalue weighted by Gasteiger charge is -2.26. The van der Waals surface area contributed by atoms with E-state index in [1.54, 1.807) is 80.8 Å². The highest BCUT2D eigenvalue weighted by atomic mass is 35.5. The number of aryl methyl sites for hydroxylation is 1. The maximum atomic E-state index is 13.3. The molecule has 0 unspecified atom stereocenters. The number of hydrogen-bond acceptors (Lipinski definition) is 16. The molecule has 3 aliphatic rings. The lowest BCUT2D eigenvalue weighted by molar-refractivity contribution is -0.153. The highest BCUT2D eigenvalue weighted by Crippen LogP contribution is 2.36. The molecule has 0 saturated heterocycles. The third-order valence-corrected chi connectivity index (χ3v) is 15.0. The second-order valence-electron chi connectivity index (χ2n) is 18.7. The van der Waals surface area contributed by atoms with Gasteiger partial charge >= 0.3 is 35.8 Å². The summed E-state index contributed by atoms with van der Waals surface area (Å²) in [4.78, 5) is 90.9. The maximum Gasteiger partial charge on any atom is 0.314 e. The third-order valence-electron chi connectivity index (χ3n) is 13.7. The summed E-state index contributed by atoms with van der Waals surface area (Å²) < 4.78 is 44.6. The number of ketones is 1. The maximum absolute atomic E-state index is 13.3. The minimum Gasteiger partial charge on any atom is -0.497 e. The number of carbonyl (C=O) groups is 7. The van der Waals surface area contributed by atoms with Crippen molar-refractivity contribution in [3.63, 3.8) is 0 Å². The second-order valence-corrected chi connectivity index (χ2v) is 20.4. The zero-order valence-electron chi connectivity index (χ0n) is 41.3. The van der Waals surface area contributed by atoms with E-state index in [-0.39, 0.29) is 84.2 Å². The first-order chi connectivity index (χ1) is 35.3. The standard InChI is InChI=1S/C56H61ClO15S/c1-34-32-45(70-54(62)39-10-6-37(7-11-39)52(60)68-31-30-65-2)22-24-47(34)71-55(63)40-12-8-36(9-13-40)51(59)67-29-28-35-4-19-43(20-5-35)69-53(61)38-14-16-41(17-15-38)56(64)72-48-25-21-44(66-3)33-42(48)18-23-46(58)49-26-27-50(57)73-49/h4-5,18-27,32-33,36-41H,6-17,28-31H2,1-3H3/b23-18+. The molecule has 1 heterocycles. The van der Waals surface area contributed by atoms with Crippen molar-refractivity contribution in [3.05, 3.63) is 105 Å². The summed E-state index contributed by atoms with van der Waals surface area (Å²) in [6.45, 7) is 2.49. The molecule has 17 heteroatoms. The van der Waals surface area contributed by atoms with Crippen LogP contribution in [-0.2, 0) is 49.4 Å². The number of rotatable bonds is 20. The normalized spacial score (nSPS) is 20.8. The molecule has 1 aromatic heterocycles. The molecule has 3 saturated carbocycles. The van der Waals surface area contributed by atoms with Crippen LogP contribution in [0.15, 0.2) is 78.9 Å². The number of halogens is 1. The van der Waals surface area contributed by atoms with Crippen molar-refractivity contribution in [3.8, 4) is 28.7 Å². The largest absolute Gasteiger partial charge is 0.497 e. The predicted molar refractivity (Wildman–Crippen MR) is 270 cm³/mol. The SMILES string of the molecule is COCCOC(=O)C1CCC(C(=O)Oc2ccc(OC(=O)C3CCC(C(=O)OCCc4ccc(OC(=O)C5CCC(C(=O)Oc6ccc(OC)cc6/C=C/C(=O)c6ccc(Cl)s6)CC5)cc4)CC3)c(C)c2)CC1. The van der Waals surface area contributed by atoms with Crippen molar-refractivity contribution in [1.29, 1.82) is 0 Å². The van der Waals surface area contributed by atoms with E-state index in [1.807, 2.05) is 12.1 Å². The molecule has 15 nitrogen and oxygen atoms in total. The topological polar surface area (TPSA) is 193 Å². The summed E-state index contributed by atoms with van der Waals surface area (Å²) in [6.07, 6.45) is 9.36. The number of allylic oxidation sites excluding steroid dienone is 1. The second kappa shape index (κ2) is 26.5. The van der Waals surface area contributed by atoms with E-state index in [4.69, 9.17) is 49.5 Å². The Kier molecular flexibility index (Phi) is 19.8. The molecule has 73 heavy (non-hydrogen) atoms. The number of hydrogen-bond donors (Lipinski definition) is 0. The Morgan fingerprint density at radius 1 is 0.521 bits per heavy atom. The molecule has 0 amide bonds. The zero-order valence-corrected chi connectivity index (χ0v) is 42.8. The Balaban J connectivity index is 0.768. The Hall–Kier alpha value is -6.36. The number of methoxy groups -OCH3 is 2. The van der Waals surface area contributed by atoms with Crippen LogP contribution < -0.4 is 23.7 Å². The smallest absolute Gasteiger partial charge is 0.314 e. The van der Waals surface area contributed by atoms with E-state index in [9.17, 15) is 33.6 Å². The van der Waals surface area contributed by atoms with E-state index in [2.05, 4.69) is 0 Å². The number of esters is 6. The summed E-state index contributed by atoms with van der Waals surface area (Å²) in [5, 5.41) is 0. The molecule has 7 rings (SSSR count). The first-order valence-electron chi connectivity index (χ1n) is 24.8. The highest BCUT2D eigenvalue weighted by molar-refractivity contribution is 7.18. The van der Waals surface area contributed by atoms with Crippen molar-refractivity contribution in [2.75, 3.05) is 34.0 Å². The molecule has 0 bridgehead atoms. The van der Waals surface area contributed by atoms with E-state index in [1.165, 1.54) is 24.5 Å². The van der Waals surface area contributed by atoms with Crippen LogP contribution in [-0.4, -0.2) is 75.6 Å². The Morgan fingerprint density at radius 2 is 0.986 bits per heavy atom. The quantitative estimate of drug-likeness (QED) is 0.0267. The Bertz CT molecular complexity index is 2610. The predicted octanol–water partition coefficient (Wildman–Crippen LogP) is 10.3. The van der Waals surface area contributed by atoms with Gasteiger partial charge in [-0.25, -0.2) is 0 Å². The lowest BCUT2D eigenvalue weighted by Crippen LogP contribution is -2.30. The molecule has 388 valence electrons. The summed E-state index contributed by atoms with van der Waals surface area (Å²) in [6, 6.07) is 20.2. The minimum atomic E-state index is -0.416. The van der Waals surface area contributed by atoms with Gasteiger partial charge in [-0.05, 0) is 168 Å². The molecule has 4 aromatic rings. The summed E-state index contributed by atoms with van der Waals surface area (Å²) in [7, 11) is 3.06. The van der Waals surface area contributed by atoms with Crippen molar-refractivity contribution in [2.24, 2.45) is 35.5 Å². The van der Waals surface area contributed by atoms with Crippen molar-refractivity contribution in [2.45, 2.75) is 90.4 Å². The van der Waals surface area contributed by atoms with Crippen LogP contribution in [0.4, 0.5) is 0 Å². The first-order valence-corrected chi connectivity index (χ1v) is 26.0. The molecule has 3 aromatic carbocycles. The van der Waals surface area contributed by atoms with Crippen LogP contribution >= 0.6 is 22.9 Å². The van der Waals surface area contributed by atoms with E-state index >= 15 is 0 Å². The number of carbonyl (C=O) groups excluding carboxylic acids is 7. The number of thiophene rings is 1.